The van der Waals surface area contributed by atoms with E-state index in [1.165, 1.54) is 10.6 Å². The van der Waals surface area contributed by atoms with Gasteiger partial charge in [0, 0.05) is 16.2 Å². The normalized spacial score (nSPS) is 15.8. The molecule has 0 saturated carbocycles. The van der Waals surface area contributed by atoms with Crippen LogP contribution in [0.2, 0.25) is 0 Å². The summed E-state index contributed by atoms with van der Waals surface area (Å²) >= 11 is 1.80. The Morgan fingerprint density at radius 3 is 2.56 bits per heavy atom. The van der Waals surface area contributed by atoms with Gasteiger partial charge in [0.1, 0.15) is 0 Å². The summed E-state index contributed by atoms with van der Waals surface area (Å²) in [7, 11) is 0. The molecule has 1 aromatic rings. The summed E-state index contributed by atoms with van der Waals surface area (Å²) in [6.07, 6.45) is 0. The second-order valence-corrected chi connectivity index (χ2v) is 5.06. The van der Waals surface area contributed by atoms with Gasteiger partial charge in [0.25, 0.3) is 0 Å². The van der Waals surface area contributed by atoms with Crippen molar-refractivity contribution in [3.63, 3.8) is 0 Å². The first-order valence-corrected chi connectivity index (χ1v) is 6.30. The first-order chi connectivity index (χ1) is 7.68. The number of nitrogens with zero attached hydrogens (tertiary/aromatic N) is 1. The number of carbonyl (C=O) groups excluding carboxylic acids is 1. The third kappa shape index (κ3) is 2.30. The molecule has 0 atom stereocenters. The minimum Gasteiger partial charge on any atom is -0.357 e. The fourth-order valence-corrected chi connectivity index (χ4v) is 2.62. The molecule has 2 rings (SSSR count). The third-order valence-electron chi connectivity index (χ3n) is 2.85. The molecular formula is C13H15NOS. The number of allylic oxidation sites excluding steroid dienone is 2. The first-order valence-electron chi connectivity index (χ1n) is 5.32. The summed E-state index contributed by atoms with van der Waals surface area (Å²) in [6, 6.07) is 9.48. The zero-order chi connectivity index (χ0) is 11.5. The smallest absolute Gasteiger partial charge is 0.182 e. The monoisotopic (exact) mass is 233 g/mol. The largest absolute Gasteiger partial charge is 0.357 e. The molecule has 3 heteroatoms. The van der Waals surface area contributed by atoms with Gasteiger partial charge in [-0.3, -0.25) is 4.79 Å². The molecule has 1 aliphatic rings. The van der Waals surface area contributed by atoms with Gasteiger partial charge in [-0.2, -0.15) is 0 Å². The van der Waals surface area contributed by atoms with Crippen molar-refractivity contribution >= 4 is 17.5 Å². The third-order valence-corrected chi connectivity index (χ3v) is 4.02. The van der Waals surface area contributed by atoms with Gasteiger partial charge in [-0.1, -0.05) is 30.3 Å². The van der Waals surface area contributed by atoms with Crippen LogP contribution >= 0.6 is 11.8 Å². The molecule has 2 nitrogen and oxygen atoms in total. The molecule has 0 N–H and O–H groups in total. The molecule has 0 bridgehead atoms. The van der Waals surface area contributed by atoms with E-state index in [4.69, 9.17) is 0 Å². The summed E-state index contributed by atoms with van der Waals surface area (Å²) in [5.74, 6) is 1.09. The number of carbonyl (C=O) groups is 1. The van der Waals surface area contributed by atoms with Crippen molar-refractivity contribution in [3.8, 4) is 0 Å². The lowest BCUT2D eigenvalue weighted by molar-refractivity contribution is 0.0958. The fraction of sp³-hybridized carbons (Fsp3) is 0.308. The summed E-state index contributed by atoms with van der Waals surface area (Å²) in [5.41, 5.74) is 2.03. The molecule has 0 amide bonds. The minimum absolute atomic E-state index is 0.190. The van der Waals surface area contributed by atoms with Crippen LogP contribution in [-0.4, -0.2) is 23.1 Å². The van der Waals surface area contributed by atoms with Gasteiger partial charge in [0.15, 0.2) is 5.78 Å². The summed E-state index contributed by atoms with van der Waals surface area (Å²) in [4.78, 5) is 15.4. The highest BCUT2D eigenvalue weighted by atomic mass is 32.2. The Labute approximate surface area is 100 Å². The van der Waals surface area contributed by atoms with Crippen molar-refractivity contribution in [2.24, 2.45) is 0 Å². The second kappa shape index (κ2) is 4.74. The number of Topliss-reactive ketones (excluding diaryl/α,β-unsaturated/α-hetero) is 1. The van der Waals surface area contributed by atoms with Crippen LogP contribution in [0.1, 0.15) is 24.2 Å². The lowest BCUT2D eigenvalue weighted by Gasteiger charge is -2.18. The van der Waals surface area contributed by atoms with Crippen molar-refractivity contribution in [1.82, 2.24) is 4.90 Å². The van der Waals surface area contributed by atoms with E-state index in [1.54, 1.807) is 11.8 Å². The van der Waals surface area contributed by atoms with E-state index in [2.05, 4.69) is 18.7 Å². The molecule has 1 aromatic carbocycles. The molecular weight excluding hydrogens is 218 g/mol. The van der Waals surface area contributed by atoms with Crippen molar-refractivity contribution in [2.75, 3.05) is 12.4 Å². The van der Waals surface area contributed by atoms with Crippen LogP contribution in [0, 0.1) is 0 Å². The summed E-state index contributed by atoms with van der Waals surface area (Å²) < 4.78 is 0. The molecule has 0 aromatic heterocycles. The molecule has 84 valence electrons. The quantitative estimate of drug-likeness (QED) is 0.748. The van der Waals surface area contributed by atoms with Gasteiger partial charge in [-0.05, 0) is 13.8 Å². The molecule has 0 radical (unpaired) electrons. The van der Waals surface area contributed by atoms with E-state index in [0.717, 1.165) is 11.4 Å². The van der Waals surface area contributed by atoms with Gasteiger partial charge in [0.05, 0.1) is 12.4 Å². The van der Waals surface area contributed by atoms with Crippen molar-refractivity contribution in [2.45, 2.75) is 13.8 Å². The van der Waals surface area contributed by atoms with Crippen LogP contribution in [0.4, 0.5) is 0 Å². The Hall–Kier alpha value is -1.22. The molecule has 1 heterocycles. The highest BCUT2D eigenvalue weighted by Crippen LogP contribution is 2.30. The predicted molar refractivity (Wildman–Crippen MR) is 68.3 cm³/mol. The molecule has 0 aliphatic carbocycles. The minimum atomic E-state index is 0.190. The number of hydrogen-bond acceptors (Lipinski definition) is 3. The van der Waals surface area contributed by atoms with Gasteiger partial charge >= 0.3 is 0 Å². The highest BCUT2D eigenvalue weighted by Gasteiger charge is 2.19. The standard InChI is InChI=1S/C13H15NOS/c1-10-11(2)16-9-14(10)8-13(15)12-6-4-3-5-7-12/h3-7H,8-9H2,1-2H3. The van der Waals surface area contributed by atoms with Crippen molar-refractivity contribution in [1.29, 1.82) is 0 Å². The van der Waals surface area contributed by atoms with Gasteiger partial charge in [0.2, 0.25) is 0 Å². The highest BCUT2D eigenvalue weighted by molar-refractivity contribution is 8.03. The molecule has 0 unspecified atom stereocenters. The maximum atomic E-state index is 12.0. The van der Waals surface area contributed by atoms with Crippen molar-refractivity contribution in [3.05, 3.63) is 46.5 Å². The Balaban J connectivity index is 2.04. The number of rotatable bonds is 3. The van der Waals surface area contributed by atoms with Crippen LogP contribution < -0.4 is 0 Å². The van der Waals surface area contributed by atoms with E-state index in [-0.39, 0.29) is 5.78 Å². The number of thioether (sulfide) groups is 1. The van der Waals surface area contributed by atoms with Crippen LogP contribution in [0.5, 0.6) is 0 Å². The maximum Gasteiger partial charge on any atom is 0.182 e. The zero-order valence-corrected chi connectivity index (χ0v) is 10.4. The molecule has 0 spiro atoms. The lowest BCUT2D eigenvalue weighted by atomic mass is 10.1. The lowest BCUT2D eigenvalue weighted by Crippen LogP contribution is -2.25. The zero-order valence-electron chi connectivity index (χ0n) is 9.56. The van der Waals surface area contributed by atoms with Gasteiger partial charge in [-0.25, -0.2) is 0 Å². The Bertz CT molecular complexity index is 425. The summed E-state index contributed by atoms with van der Waals surface area (Å²) in [6.45, 7) is 4.67. The second-order valence-electron chi connectivity index (χ2n) is 3.90. The van der Waals surface area contributed by atoms with E-state index in [0.29, 0.717) is 6.54 Å². The Kier molecular flexibility index (Phi) is 3.34. The molecule has 0 saturated heterocycles. The fourth-order valence-electron chi connectivity index (χ4n) is 1.65. The average molecular weight is 233 g/mol. The Morgan fingerprint density at radius 2 is 2.00 bits per heavy atom. The van der Waals surface area contributed by atoms with E-state index in [9.17, 15) is 4.79 Å². The predicted octanol–water partition coefficient (Wildman–Crippen LogP) is 3.13. The molecule has 1 aliphatic heterocycles. The van der Waals surface area contributed by atoms with Gasteiger partial charge < -0.3 is 4.90 Å². The van der Waals surface area contributed by atoms with Crippen LogP contribution in [0.25, 0.3) is 0 Å². The van der Waals surface area contributed by atoms with Crippen molar-refractivity contribution < 1.29 is 4.79 Å². The first kappa shape index (κ1) is 11.3. The van der Waals surface area contributed by atoms with Crippen LogP contribution in [0.3, 0.4) is 0 Å². The topological polar surface area (TPSA) is 20.3 Å². The summed E-state index contributed by atoms with van der Waals surface area (Å²) in [5, 5.41) is 0. The number of hydrogen-bond donors (Lipinski definition) is 0. The van der Waals surface area contributed by atoms with E-state index in [1.807, 2.05) is 30.3 Å². The maximum absolute atomic E-state index is 12.0. The SMILES string of the molecule is CC1=C(C)N(CC(=O)c2ccccc2)CS1. The Morgan fingerprint density at radius 1 is 1.31 bits per heavy atom. The molecule has 16 heavy (non-hydrogen) atoms. The van der Waals surface area contributed by atoms with E-state index >= 15 is 0 Å². The van der Waals surface area contributed by atoms with Crippen LogP contribution in [0.15, 0.2) is 40.9 Å². The average Bonchev–Trinajstić information content (AvgIpc) is 2.62. The van der Waals surface area contributed by atoms with E-state index < -0.39 is 0 Å². The number of benzene rings is 1. The van der Waals surface area contributed by atoms with Crippen LogP contribution in [-0.2, 0) is 0 Å². The number of ketones is 1. The molecule has 0 fully saturated rings. The van der Waals surface area contributed by atoms with Gasteiger partial charge in [-0.15, -0.1) is 11.8 Å².